The molecule has 0 aromatic heterocycles. The van der Waals surface area contributed by atoms with Crippen LogP contribution in [0.2, 0.25) is 5.02 Å². The molecule has 3 aromatic carbocycles. The Kier molecular flexibility index (Phi) is 7.32. The molecule has 1 fully saturated rings. The Balaban J connectivity index is 1.68. The van der Waals surface area contributed by atoms with Crippen LogP contribution in [0, 0.1) is 10.1 Å². The maximum atomic E-state index is 13.0. The number of hydrogen-bond acceptors (Lipinski definition) is 6. The van der Waals surface area contributed by atoms with Crippen molar-refractivity contribution in [3.63, 3.8) is 0 Å². The van der Waals surface area contributed by atoms with Crippen molar-refractivity contribution in [2.45, 2.75) is 18.5 Å². The third-order valence-corrected chi connectivity index (χ3v) is 6.69. The highest BCUT2D eigenvalue weighted by Crippen LogP contribution is 2.45. The molecule has 0 saturated carbocycles. The van der Waals surface area contributed by atoms with Gasteiger partial charge in [-0.3, -0.25) is 19.8 Å². The van der Waals surface area contributed by atoms with Gasteiger partial charge in [0.15, 0.2) is 11.5 Å². The van der Waals surface area contributed by atoms with Crippen LogP contribution in [0.3, 0.4) is 0 Å². The summed E-state index contributed by atoms with van der Waals surface area (Å²) in [6.07, 6.45) is -4.74. The van der Waals surface area contributed by atoms with E-state index in [2.05, 4.69) is 0 Å². The smallest absolute Gasteiger partial charge is 0.416 e. The summed E-state index contributed by atoms with van der Waals surface area (Å²) in [5.41, 5.74) is -0.620. The van der Waals surface area contributed by atoms with Crippen molar-refractivity contribution in [2.24, 2.45) is 0 Å². The van der Waals surface area contributed by atoms with Crippen molar-refractivity contribution < 1.29 is 32.4 Å². The average Bonchev–Trinajstić information content (AvgIpc) is 3.21. The van der Waals surface area contributed by atoms with E-state index in [4.69, 9.17) is 21.1 Å². The Morgan fingerprint density at radius 3 is 2.42 bits per heavy atom. The van der Waals surface area contributed by atoms with E-state index >= 15 is 0 Å². The summed E-state index contributed by atoms with van der Waals surface area (Å²) in [5, 5.41) is 11.6. The Morgan fingerprint density at radius 2 is 1.78 bits per heavy atom. The molecule has 4 rings (SSSR count). The van der Waals surface area contributed by atoms with Gasteiger partial charge in [-0.15, -0.1) is 11.8 Å². The molecule has 0 radical (unpaired) electrons. The largest absolute Gasteiger partial charge is 0.490 e. The summed E-state index contributed by atoms with van der Waals surface area (Å²) in [6, 6.07) is 13.7. The van der Waals surface area contributed by atoms with Crippen molar-refractivity contribution in [3.8, 4) is 17.2 Å². The molecule has 0 N–H and O–H groups in total. The molecule has 12 heteroatoms. The van der Waals surface area contributed by atoms with Gasteiger partial charge in [0.05, 0.1) is 22.8 Å². The van der Waals surface area contributed by atoms with Crippen molar-refractivity contribution >= 4 is 40.6 Å². The molecule has 36 heavy (non-hydrogen) atoms. The zero-order chi connectivity index (χ0) is 26.0. The highest BCUT2D eigenvalue weighted by Gasteiger charge is 2.35. The highest BCUT2D eigenvalue weighted by molar-refractivity contribution is 8.00. The van der Waals surface area contributed by atoms with Gasteiger partial charge in [-0.2, -0.15) is 13.2 Å². The van der Waals surface area contributed by atoms with E-state index in [0.717, 1.165) is 6.07 Å². The number of carbonyl (C=O) groups is 1. The van der Waals surface area contributed by atoms with Crippen LogP contribution in [0.4, 0.5) is 24.5 Å². The molecule has 0 aliphatic carbocycles. The average molecular weight is 539 g/mol. The van der Waals surface area contributed by atoms with Crippen molar-refractivity contribution in [3.05, 3.63) is 86.9 Å². The van der Waals surface area contributed by atoms with Crippen LogP contribution in [0.1, 0.15) is 23.4 Å². The van der Waals surface area contributed by atoms with Gasteiger partial charge in [0.25, 0.3) is 0 Å². The lowest BCUT2D eigenvalue weighted by Crippen LogP contribution is -2.27. The molecular formula is C24H18ClF3N2O5S. The lowest BCUT2D eigenvalue weighted by Gasteiger charge is -2.25. The van der Waals surface area contributed by atoms with E-state index in [1.54, 1.807) is 48.2 Å². The summed E-state index contributed by atoms with van der Waals surface area (Å²) in [4.78, 5) is 24.8. The minimum Gasteiger partial charge on any atom is -0.490 e. The number of amides is 1. The normalized spacial score (nSPS) is 15.8. The summed E-state index contributed by atoms with van der Waals surface area (Å²) < 4.78 is 50.4. The Hall–Kier alpha value is -3.44. The zero-order valence-corrected chi connectivity index (χ0v) is 20.2. The van der Waals surface area contributed by atoms with Gasteiger partial charge in [-0.05, 0) is 61.0 Å². The predicted molar refractivity (Wildman–Crippen MR) is 130 cm³/mol. The van der Waals surface area contributed by atoms with Gasteiger partial charge in [0.2, 0.25) is 11.7 Å². The van der Waals surface area contributed by atoms with Gasteiger partial charge < -0.3 is 9.47 Å². The minimum absolute atomic E-state index is 0.0795. The first-order valence-electron chi connectivity index (χ1n) is 10.6. The number of ether oxygens (including phenoxy) is 2. The number of nitro groups is 1. The van der Waals surface area contributed by atoms with Gasteiger partial charge >= 0.3 is 11.9 Å². The molecule has 1 amide bonds. The van der Waals surface area contributed by atoms with Crippen molar-refractivity contribution in [2.75, 3.05) is 17.3 Å². The molecule has 0 spiro atoms. The van der Waals surface area contributed by atoms with Gasteiger partial charge in [-0.1, -0.05) is 17.7 Å². The number of carbonyl (C=O) groups excluding carboxylic acids is 1. The fraction of sp³-hybridized carbons (Fsp3) is 0.208. The first-order chi connectivity index (χ1) is 17.1. The quantitative estimate of drug-likeness (QED) is 0.233. The monoisotopic (exact) mass is 538 g/mol. The maximum absolute atomic E-state index is 13.0. The van der Waals surface area contributed by atoms with Crippen LogP contribution in [0.15, 0.2) is 60.7 Å². The van der Waals surface area contributed by atoms with E-state index in [1.165, 1.54) is 17.8 Å². The predicted octanol–water partition coefficient (Wildman–Crippen LogP) is 7.24. The number of nitrogens with zero attached hydrogens (tertiary/aromatic N) is 2. The van der Waals surface area contributed by atoms with Crippen molar-refractivity contribution in [1.82, 2.24) is 0 Å². The number of hydrogen-bond donors (Lipinski definition) is 0. The summed E-state index contributed by atoms with van der Waals surface area (Å²) in [5.74, 6) is 0.102. The van der Waals surface area contributed by atoms with E-state index in [1.807, 2.05) is 0 Å². The van der Waals surface area contributed by atoms with E-state index in [0.29, 0.717) is 28.4 Å². The first kappa shape index (κ1) is 25.6. The Labute approximate surface area is 212 Å². The van der Waals surface area contributed by atoms with Crippen LogP contribution >= 0.6 is 23.4 Å². The molecular weight excluding hydrogens is 521 g/mol. The zero-order valence-electron chi connectivity index (χ0n) is 18.6. The third-order valence-electron chi connectivity index (χ3n) is 5.23. The number of halogens is 4. The van der Waals surface area contributed by atoms with Crippen LogP contribution in [-0.2, 0) is 11.0 Å². The standard InChI is InChI=1S/C24H18ClF3N2O5S/c1-2-34-21-11-14(23-29(22(31)13-36-23)17-7-5-16(25)6-8-17)3-9-20(21)35-19-10-4-15(24(26,27)28)12-18(19)30(32)33/h3-12,23H,2,13H2,1H3/t23-/m0/s1. The number of nitro benzene ring substituents is 1. The van der Waals surface area contributed by atoms with Gasteiger partial charge in [-0.25, -0.2) is 0 Å². The number of rotatable bonds is 7. The molecule has 1 aliphatic rings. The second kappa shape index (κ2) is 10.3. The highest BCUT2D eigenvalue weighted by atomic mass is 35.5. The third kappa shape index (κ3) is 5.36. The lowest BCUT2D eigenvalue weighted by atomic mass is 10.1. The van der Waals surface area contributed by atoms with E-state index in [-0.39, 0.29) is 40.9 Å². The molecule has 0 bridgehead atoms. The summed E-state index contributed by atoms with van der Waals surface area (Å²) in [6.45, 7) is 1.96. The van der Waals surface area contributed by atoms with Crippen molar-refractivity contribution in [1.29, 1.82) is 0 Å². The van der Waals surface area contributed by atoms with Crippen LogP contribution in [-0.4, -0.2) is 23.2 Å². The molecule has 7 nitrogen and oxygen atoms in total. The summed E-state index contributed by atoms with van der Waals surface area (Å²) in [7, 11) is 0. The molecule has 3 aromatic rings. The van der Waals surface area contributed by atoms with Gasteiger partial charge in [0.1, 0.15) is 5.37 Å². The van der Waals surface area contributed by atoms with E-state index in [9.17, 15) is 28.1 Å². The molecule has 1 aliphatic heterocycles. The van der Waals surface area contributed by atoms with Crippen LogP contribution in [0.25, 0.3) is 0 Å². The molecule has 188 valence electrons. The topological polar surface area (TPSA) is 81.9 Å². The molecule has 1 atom stereocenters. The van der Waals surface area contributed by atoms with Crippen LogP contribution in [0.5, 0.6) is 17.2 Å². The lowest BCUT2D eigenvalue weighted by molar-refractivity contribution is -0.385. The molecule has 0 unspecified atom stereocenters. The fourth-order valence-corrected chi connectivity index (χ4v) is 4.92. The number of anilines is 1. The minimum atomic E-state index is -4.74. The summed E-state index contributed by atoms with van der Waals surface area (Å²) >= 11 is 7.38. The fourth-order valence-electron chi connectivity index (χ4n) is 3.62. The van der Waals surface area contributed by atoms with E-state index < -0.39 is 22.4 Å². The number of benzene rings is 3. The molecule has 1 heterocycles. The van der Waals surface area contributed by atoms with Crippen LogP contribution < -0.4 is 14.4 Å². The SMILES string of the molecule is CCOc1cc([C@@H]2SCC(=O)N2c2ccc(Cl)cc2)ccc1Oc1ccc(C(F)(F)F)cc1[N+](=O)[O-]. The number of alkyl halides is 3. The second-order valence-corrected chi connectivity index (χ2v) is 9.09. The Morgan fingerprint density at radius 1 is 1.08 bits per heavy atom. The number of thioether (sulfide) groups is 1. The second-order valence-electron chi connectivity index (χ2n) is 7.58. The maximum Gasteiger partial charge on any atom is 0.416 e. The Bertz CT molecular complexity index is 1300. The molecule has 1 saturated heterocycles. The first-order valence-corrected chi connectivity index (χ1v) is 12.0. The van der Waals surface area contributed by atoms with Gasteiger partial charge in [0, 0.05) is 16.8 Å².